The van der Waals surface area contributed by atoms with Gasteiger partial charge in [0, 0.05) is 6.04 Å². The van der Waals surface area contributed by atoms with Crippen molar-refractivity contribution in [3.63, 3.8) is 0 Å². The van der Waals surface area contributed by atoms with Crippen molar-refractivity contribution < 1.29 is 31.1 Å². The van der Waals surface area contributed by atoms with Gasteiger partial charge in [0.2, 0.25) is 0 Å². The van der Waals surface area contributed by atoms with Gasteiger partial charge < -0.3 is 10.5 Å². The highest BCUT2D eigenvalue weighted by Gasteiger charge is 2.33. The fourth-order valence-corrected chi connectivity index (χ4v) is 1.55. The Morgan fingerprint density at radius 3 is 2.16 bits per heavy atom. The molecule has 1 atom stereocenters. The van der Waals surface area contributed by atoms with Gasteiger partial charge >= 0.3 is 12.5 Å². The monoisotopic (exact) mass is 307 g/mol. The minimum absolute atomic E-state index is 0.0307. The summed E-state index contributed by atoms with van der Waals surface area (Å²) in [4.78, 5) is 0. The lowest BCUT2D eigenvalue weighted by Crippen LogP contribution is -2.20. The van der Waals surface area contributed by atoms with Gasteiger partial charge in [-0.3, -0.25) is 0 Å². The Bertz CT molecular complexity index is 445. The molecular weight excluding hydrogens is 300 g/mol. The Labute approximate surface area is 109 Å². The van der Waals surface area contributed by atoms with E-state index < -0.39 is 35.8 Å². The molecule has 0 unspecified atom stereocenters. The SMILES string of the molecule is N[C@@H](CC(F)(F)F)c1ccc(OC(F)(F)F)c(Cl)c1. The highest BCUT2D eigenvalue weighted by molar-refractivity contribution is 6.32. The third-order valence-electron chi connectivity index (χ3n) is 2.06. The van der Waals surface area contributed by atoms with Gasteiger partial charge in [-0.05, 0) is 17.7 Å². The zero-order valence-corrected chi connectivity index (χ0v) is 9.90. The molecule has 108 valence electrons. The standard InChI is InChI=1S/C10H8ClF6NO/c11-6-3-5(7(18)4-9(12,13)14)1-2-8(6)19-10(15,16)17/h1-3,7H,4,18H2/t7-/m0/s1. The van der Waals surface area contributed by atoms with E-state index in [1.54, 1.807) is 0 Å². The van der Waals surface area contributed by atoms with E-state index in [0.717, 1.165) is 18.2 Å². The number of halogens is 7. The molecule has 1 rings (SSSR count). The van der Waals surface area contributed by atoms with Crippen molar-refractivity contribution in [2.24, 2.45) is 5.73 Å². The van der Waals surface area contributed by atoms with Crippen LogP contribution in [0.5, 0.6) is 5.75 Å². The highest BCUT2D eigenvalue weighted by atomic mass is 35.5. The molecule has 0 radical (unpaired) electrons. The predicted molar refractivity (Wildman–Crippen MR) is 55.7 cm³/mol. The van der Waals surface area contributed by atoms with E-state index >= 15 is 0 Å². The normalized spacial score (nSPS) is 14.3. The Hall–Kier alpha value is -1.15. The fraction of sp³-hybridized carbons (Fsp3) is 0.400. The molecular formula is C10H8ClF6NO. The van der Waals surface area contributed by atoms with E-state index in [2.05, 4.69) is 4.74 Å². The van der Waals surface area contributed by atoms with Crippen LogP contribution in [0.2, 0.25) is 5.02 Å². The predicted octanol–water partition coefficient (Wildman–Crippen LogP) is 4.19. The third-order valence-corrected chi connectivity index (χ3v) is 2.36. The molecule has 2 nitrogen and oxygen atoms in total. The van der Waals surface area contributed by atoms with Gasteiger partial charge in [-0.2, -0.15) is 13.2 Å². The number of rotatable bonds is 3. The van der Waals surface area contributed by atoms with Crippen LogP contribution < -0.4 is 10.5 Å². The van der Waals surface area contributed by atoms with E-state index in [1.807, 2.05) is 0 Å². The lowest BCUT2D eigenvalue weighted by atomic mass is 10.0. The maximum Gasteiger partial charge on any atom is 0.573 e. The molecule has 0 amide bonds. The summed E-state index contributed by atoms with van der Waals surface area (Å²) in [6, 6.07) is 1.33. The Morgan fingerprint density at radius 2 is 1.74 bits per heavy atom. The lowest BCUT2D eigenvalue weighted by molar-refractivity contribution is -0.274. The van der Waals surface area contributed by atoms with Gasteiger partial charge in [0.15, 0.2) is 0 Å². The number of nitrogens with two attached hydrogens (primary N) is 1. The molecule has 0 fully saturated rings. The van der Waals surface area contributed by atoms with Crippen LogP contribution in [0.3, 0.4) is 0 Å². The van der Waals surface area contributed by atoms with Crippen LogP contribution >= 0.6 is 11.6 Å². The summed E-state index contributed by atoms with van der Waals surface area (Å²) in [5.74, 6) is -0.697. The first-order chi connectivity index (χ1) is 8.48. The molecule has 0 aliphatic rings. The van der Waals surface area contributed by atoms with Crippen LogP contribution in [0.1, 0.15) is 18.0 Å². The summed E-state index contributed by atoms with van der Waals surface area (Å²) < 4.78 is 75.7. The van der Waals surface area contributed by atoms with Crippen molar-refractivity contribution in [1.29, 1.82) is 0 Å². The number of hydrogen-bond acceptors (Lipinski definition) is 2. The van der Waals surface area contributed by atoms with Crippen molar-refractivity contribution in [3.05, 3.63) is 28.8 Å². The van der Waals surface area contributed by atoms with Crippen molar-refractivity contribution in [1.82, 2.24) is 0 Å². The summed E-state index contributed by atoms with van der Waals surface area (Å²) in [6.07, 6.45) is -10.7. The summed E-state index contributed by atoms with van der Waals surface area (Å²) >= 11 is 5.49. The van der Waals surface area contributed by atoms with E-state index in [0.29, 0.717) is 0 Å². The first-order valence-electron chi connectivity index (χ1n) is 4.85. The summed E-state index contributed by atoms with van der Waals surface area (Å²) in [5, 5.41) is -0.465. The molecule has 1 aromatic carbocycles. The molecule has 0 saturated heterocycles. The molecule has 1 aromatic rings. The van der Waals surface area contributed by atoms with Crippen molar-refractivity contribution in [2.75, 3.05) is 0 Å². The zero-order chi connectivity index (χ0) is 14.8. The van der Waals surface area contributed by atoms with Gasteiger partial charge in [0.25, 0.3) is 0 Å². The first kappa shape index (κ1) is 15.9. The van der Waals surface area contributed by atoms with Crippen LogP contribution in [-0.4, -0.2) is 12.5 Å². The second-order valence-electron chi connectivity index (χ2n) is 3.66. The first-order valence-corrected chi connectivity index (χ1v) is 5.23. The van der Waals surface area contributed by atoms with Gasteiger partial charge in [0.05, 0.1) is 11.4 Å². The second kappa shape index (κ2) is 5.46. The lowest BCUT2D eigenvalue weighted by Gasteiger charge is -2.16. The molecule has 0 aliphatic carbocycles. The zero-order valence-electron chi connectivity index (χ0n) is 9.15. The van der Waals surface area contributed by atoms with E-state index in [4.69, 9.17) is 17.3 Å². The van der Waals surface area contributed by atoms with E-state index in [9.17, 15) is 26.3 Å². The van der Waals surface area contributed by atoms with Crippen molar-refractivity contribution in [2.45, 2.75) is 25.0 Å². The average Bonchev–Trinajstić information content (AvgIpc) is 2.16. The van der Waals surface area contributed by atoms with Crippen LogP contribution in [0.25, 0.3) is 0 Å². The maximum absolute atomic E-state index is 12.1. The van der Waals surface area contributed by atoms with Gasteiger partial charge in [0.1, 0.15) is 5.75 Å². The maximum atomic E-state index is 12.1. The minimum atomic E-state index is -4.93. The number of ether oxygens (including phenoxy) is 1. The Kier molecular flexibility index (Phi) is 4.57. The molecule has 19 heavy (non-hydrogen) atoms. The van der Waals surface area contributed by atoms with Crippen LogP contribution in [-0.2, 0) is 0 Å². The minimum Gasteiger partial charge on any atom is -0.404 e. The molecule has 0 bridgehead atoms. The quantitative estimate of drug-likeness (QED) is 0.850. The summed E-state index contributed by atoms with van der Waals surface area (Å²) in [5.41, 5.74) is 5.25. The van der Waals surface area contributed by atoms with Crippen LogP contribution in [0.4, 0.5) is 26.3 Å². The molecule has 0 saturated carbocycles. The summed E-state index contributed by atoms with van der Waals surface area (Å²) in [6.45, 7) is 0. The molecule has 0 spiro atoms. The van der Waals surface area contributed by atoms with E-state index in [-0.39, 0.29) is 5.56 Å². The number of alkyl halides is 6. The van der Waals surface area contributed by atoms with Crippen molar-refractivity contribution >= 4 is 11.6 Å². The molecule has 0 aromatic heterocycles. The molecule has 0 aliphatic heterocycles. The average molecular weight is 308 g/mol. The third kappa shape index (κ3) is 5.56. The largest absolute Gasteiger partial charge is 0.573 e. The van der Waals surface area contributed by atoms with E-state index in [1.165, 1.54) is 0 Å². The van der Waals surface area contributed by atoms with Crippen LogP contribution in [0.15, 0.2) is 18.2 Å². The molecule has 9 heteroatoms. The number of hydrogen-bond donors (Lipinski definition) is 1. The van der Waals surface area contributed by atoms with Crippen molar-refractivity contribution in [3.8, 4) is 5.75 Å². The summed E-state index contributed by atoms with van der Waals surface area (Å²) in [7, 11) is 0. The molecule has 2 N–H and O–H groups in total. The smallest absolute Gasteiger partial charge is 0.404 e. The van der Waals surface area contributed by atoms with Gasteiger partial charge in [-0.15, -0.1) is 13.2 Å². The van der Waals surface area contributed by atoms with Crippen LogP contribution in [0, 0.1) is 0 Å². The number of benzene rings is 1. The highest BCUT2D eigenvalue weighted by Crippen LogP contribution is 2.34. The second-order valence-corrected chi connectivity index (χ2v) is 4.07. The Balaban J connectivity index is 2.88. The molecule has 0 heterocycles. The Morgan fingerprint density at radius 1 is 1.16 bits per heavy atom. The van der Waals surface area contributed by atoms with Gasteiger partial charge in [-0.25, -0.2) is 0 Å². The van der Waals surface area contributed by atoms with Gasteiger partial charge in [-0.1, -0.05) is 17.7 Å². The fourth-order valence-electron chi connectivity index (χ4n) is 1.32. The topological polar surface area (TPSA) is 35.2 Å².